The van der Waals surface area contributed by atoms with Gasteiger partial charge in [-0.2, -0.15) is 0 Å². The zero-order valence-electron chi connectivity index (χ0n) is 15.2. The molecular weight excluding hydrogens is 344 g/mol. The predicted octanol–water partition coefficient (Wildman–Crippen LogP) is 0.228. The molecule has 3 aliphatic heterocycles. The second-order valence-electron chi connectivity index (χ2n) is 8.48. The molecule has 0 spiro atoms. The maximum atomic E-state index is 12.9. The van der Waals surface area contributed by atoms with E-state index in [0.29, 0.717) is 23.9 Å². The third kappa shape index (κ3) is 2.60. The SMILES string of the molecule is NC[C@@]12C[C@@H]1CN(Cc1cccc3c1CN(C1CCC(=O)NC1=O)C3=O)C2. The van der Waals surface area contributed by atoms with Gasteiger partial charge in [-0.3, -0.25) is 24.6 Å². The average Bonchev–Trinajstić information content (AvgIpc) is 3.04. The van der Waals surface area contributed by atoms with Crippen molar-refractivity contribution in [2.45, 2.75) is 38.4 Å². The molecule has 7 heteroatoms. The second-order valence-corrected chi connectivity index (χ2v) is 8.48. The Bertz CT molecular complexity index is 850. The molecule has 3 atom stereocenters. The maximum Gasteiger partial charge on any atom is 0.255 e. The molecule has 27 heavy (non-hydrogen) atoms. The van der Waals surface area contributed by atoms with E-state index in [9.17, 15) is 14.4 Å². The number of hydrogen-bond acceptors (Lipinski definition) is 5. The van der Waals surface area contributed by atoms with E-state index in [0.717, 1.165) is 43.2 Å². The highest BCUT2D eigenvalue weighted by molar-refractivity contribution is 6.05. The predicted molar refractivity (Wildman–Crippen MR) is 97.4 cm³/mol. The van der Waals surface area contributed by atoms with Crippen LogP contribution >= 0.6 is 0 Å². The van der Waals surface area contributed by atoms with Crippen molar-refractivity contribution in [1.29, 1.82) is 0 Å². The van der Waals surface area contributed by atoms with Gasteiger partial charge in [0.15, 0.2) is 0 Å². The largest absolute Gasteiger partial charge is 0.330 e. The summed E-state index contributed by atoms with van der Waals surface area (Å²) in [5.41, 5.74) is 9.15. The molecule has 3 N–H and O–H groups in total. The van der Waals surface area contributed by atoms with Crippen LogP contribution in [0.1, 0.15) is 40.7 Å². The molecule has 3 heterocycles. The lowest BCUT2D eigenvalue weighted by atomic mass is 10.0. The van der Waals surface area contributed by atoms with E-state index in [1.807, 2.05) is 12.1 Å². The van der Waals surface area contributed by atoms with E-state index in [2.05, 4.69) is 16.3 Å². The number of hydrogen-bond donors (Lipinski definition) is 2. The van der Waals surface area contributed by atoms with Crippen molar-refractivity contribution in [3.63, 3.8) is 0 Å². The second kappa shape index (κ2) is 5.87. The third-order valence-electron chi connectivity index (χ3n) is 6.86. The number of nitrogens with two attached hydrogens (primary N) is 1. The highest BCUT2D eigenvalue weighted by Gasteiger charge is 2.58. The number of nitrogens with one attached hydrogen (secondary N) is 1. The highest BCUT2D eigenvalue weighted by Crippen LogP contribution is 2.57. The van der Waals surface area contributed by atoms with Crippen molar-refractivity contribution in [1.82, 2.24) is 15.1 Å². The number of piperidine rings is 2. The molecule has 4 aliphatic rings. The first-order valence-corrected chi connectivity index (χ1v) is 9.68. The Morgan fingerprint density at radius 2 is 2.11 bits per heavy atom. The summed E-state index contributed by atoms with van der Waals surface area (Å²) in [4.78, 5) is 40.6. The van der Waals surface area contributed by atoms with Gasteiger partial charge in [-0.05, 0) is 47.9 Å². The van der Waals surface area contributed by atoms with E-state index in [1.165, 1.54) is 6.42 Å². The highest BCUT2D eigenvalue weighted by atomic mass is 16.2. The van der Waals surface area contributed by atoms with Gasteiger partial charge in [0.2, 0.25) is 11.8 Å². The molecule has 2 saturated heterocycles. The zero-order valence-corrected chi connectivity index (χ0v) is 15.2. The molecule has 0 aromatic heterocycles. The van der Waals surface area contributed by atoms with E-state index < -0.39 is 6.04 Å². The summed E-state index contributed by atoms with van der Waals surface area (Å²) in [5.74, 6) is -0.00841. The number of nitrogens with zero attached hydrogens (tertiary/aromatic N) is 2. The zero-order chi connectivity index (χ0) is 18.8. The number of amides is 3. The molecule has 1 aliphatic carbocycles. The molecule has 5 rings (SSSR count). The van der Waals surface area contributed by atoms with Gasteiger partial charge in [0.05, 0.1) is 0 Å². The minimum Gasteiger partial charge on any atom is -0.330 e. The average molecular weight is 368 g/mol. The fourth-order valence-electron chi connectivity index (χ4n) is 5.18. The molecule has 3 amide bonds. The van der Waals surface area contributed by atoms with E-state index >= 15 is 0 Å². The van der Waals surface area contributed by atoms with Gasteiger partial charge in [-0.15, -0.1) is 0 Å². The topological polar surface area (TPSA) is 95.7 Å². The number of carbonyl (C=O) groups excluding carboxylic acids is 3. The molecule has 7 nitrogen and oxygen atoms in total. The minimum absolute atomic E-state index is 0.107. The lowest BCUT2D eigenvalue weighted by Gasteiger charge is -2.29. The molecular formula is C20H24N4O3. The van der Waals surface area contributed by atoms with Crippen LogP contribution in [0.4, 0.5) is 0 Å². The molecule has 142 valence electrons. The van der Waals surface area contributed by atoms with Gasteiger partial charge < -0.3 is 10.6 Å². The molecule has 3 fully saturated rings. The normalized spacial score (nSPS) is 32.5. The van der Waals surface area contributed by atoms with Gasteiger partial charge in [0.25, 0.3) is 5.91 Å². The third-order valence-corrected chi connectivity index (χ3v) is 6.86. The minimum atomic E-state index is -0.560. The van der Waals surface area contributed by atoms with Crippen molar-refractivity contribution in [3.05, 3.63) is 34.9 Å². The van der Waals surface area contributed by atoms with Crippen molar-refractivity contribution in [3.8, 4) is 0 Å². The summed E-state index contributed by atoms with van der Waals surface area (Å²) in [5, 5.41) is 2.36. The lowest BCUT2D eigenvalue weighted by Crippen LogP contribution is -2.52. The van der Waals surface area contributed by atoms with E-state index in [1.54, 1.807) is 4.90 Å². The quantitative estimate of drug-likeness (QED) is 0.742. The summed E-state index contributed by atoms with van der Waals surface area (Å²) >= 11 is 0. The van der Waals surface area contributed by atoms with Crippen LogP contribution in [-0.4, -0.2) is 53.2 Å². The smallest absolute Gasteiger partial charge is 0.255 e. The van der Waals surface area contributed by atoms with Gasteiger partial charge >= 0.3 is 0 Å². The summed E-state index contributed by atoms with van der Waals surface area (Å²) in [6, 6.07) is 5.29. The van der Waals surface area contributed by atoms with Crippen LogP contribution < -0.4 is 11.1 Å². The van der Waals surface area contributed by atoms with Crippen LogP contribution in [0, 0.1) is 11.3 Å². The molecule has 0 radical (unpaired) electrons. The van der Waals surface area contributed by atoms with Crippen LogP contribution in [0.2, 0.25) is 0 Å². The molecule has 1 aromatic carbocycles. The number of rotatable bonds is 4. The van der Waals surface area contributed by atoms with Gasteiger partial charge in [0, 0.05) is 38.2 Å². The fraction of sp³-hybridized carbons (Fsp3) is 0.550. The number of imide groups is 1. The standard InChI is InChI=1S/C20H24N4O3/c21-10-20-6-13(20)8-23(11-20)7-12-2-1-3-14-15(12)9-24(19(14)27)16-4-5-17(25)22-18(16)26/h1-3,13,16H,4-11,21H2,(H,22,25,26)/t13-,16?,20-/m1/s1. The van der Waals surface area contributed by atoms with Gasteiger partial charge in [-0.25, -0.2) is 0 Å². The molecule has 0 bridgehead atoms. The molecule has 1 aromatic rings. The summed E-state index contributed by atoms with van der Waals surface area (Å²) in [6.45, 7) is 4.12. The summed E-state index contributed by atoms with van der Waals surface area (Å²) in [6.07, 6.45) is 1.92. The Hall–Kier alpha value is -2.25. The Morgan fingerprint density at radius 3 is 2.85 bits per heavy atom. The van der Waals surface area contributed by atoms with Crippen LogP contribution in [0.25, 0.3) is 0 Å². The van der Waals surface area contributed by atoms with E-state index in [-0.39, 0.29) is 24.1 Å². The monoisotopic (exact) mass is 368 g/mol. The van der Waals surface area contributed by atoms with Crippen LogP contribution in [0.5, 0.6) is 0 Å². The Balaban J connectivity index is 1.35. The first-order valence-electron chi connectivity index (χ1n) is 9.68. The summed E-state index contributed by atoms with van der Waals surface area (Å²) in [7, 11) is 0. The van der Waals surface area contributed by atoms with Crippen LogP contribution in [0.15, 0.2) is 18.2 Å². The first kappa shape index (κ1) is 16.9. The number of benzene rings is 1. The van der Waals surface area contributed by atoms with E-state index in [4.69, 9.17) is 5.73 Å². The molecule has 1 saturated carbocycles. The number of carbonyl (C=O) groups is 3. The first-order chi connectivity index (χ1) is 13.0. The Morgan fingerprint density at radius 1 is 1.26 bits per heavy atom. The van der Waals surface area contributed by atoms with Crippen molar-refractivity contribution < 1.29 is 14.4 Å². The van der Waals surface area contributed by atoms with Crippen molar-refractivity contribution >= 4 is 17.7 Å². The van der Waals surface area contributed by atoms with Crippen LogP contribution in [0.3, 0.4) is 0 Å². The summed E-state index contributed by atoms with van der Waals surface area (Å²) < 4.78 is 0. The van der Waals surface area contributed by atoms with Gasteiger partial charge in [0.1, 0.15) is 6.04 Å². The van der Waals surface area contributed by atoms with Gasteiger partial charge in [-0.1, -0.05) is 12.1 Å². The van der Waals surface area contributed by atoms with Crippen molar-refractivity contribution in [2.75, 3.05) is 19.6 Å². The maximum absolute atomic E-state index is 12.9. The fourth-order valence-corrected chi connectivity index (χ4v) is 5.18. The van der Waals surface area contributed by atoms with Crippen molar-refractivity contribution in [2.24, 2.45) is 17.1 Å². The lowest BCUT2D eigenvalue weighted by molar-refractivity contribution is -0.136. The Labute approximate surface area is 157 Å². The molecule has 1 unspecified atom stereocenters. The Kier molecular flexibility index (Phi) is 3.67. The van der Waals surface area contributed by atoms with Crippen LogP contribution in [-0.2, 0) is 22.7 Å². The number of likely N-dealkylation sites (tertiary alicyclic amines) is 1. The number of fused-ring (bicyclic) bond motifs is 2.